The Morgan fingerprint density at radius 2 is 2.22 bits per heavy atom. The fourth-order valence-electron chi connectivity index (χ4n) is 3.34. The summed E-state index contributed by atoms with van der Waals surface area (Å²) in [6.07, 6.45) is 15.9. The number of hydrogen-bond donors (Lipinski definition) is 0. The van der Waals surface area contributed by atoms with E-state index in [0.29, 0.717) is 12.5 Å². The van der Waals surface area contributed by atoms with Crippen LogP contribution in [-0.2, 0) is 16.0 Å². The highest BCUT2D eigenvalue weighted by atomic mass is 16.5. The van der Waals surface area contributed by atoms with Crippen molar-refractivity contribution in [3.05, 3.63) is 59.6 Å². The molecule has 2 heterocycles. The van der Waals surface area contributed by atoms with Gasteiger partial charge in [-0.05, 0) is 60.3 Å². The minimum atomic E-state index is -0.180. The van der Waals surface area contributed by atoms with Gasteiger partial charge in [-0.15, -0.1) is 0 Å². The molecular formula is C20H24O3. The molecule has 0 aromatic carbocycles. The lowest BCUT2D eigenvalue weighted by Gasteiger charge is -2.33. The van der Waals surface area contributed by atoms with Crippen molar-refractivity contribution in [1.82, 2.24) is 0 Å². The molecule has 1 aliphatic heterocycles. The second-order valence-electron chi connectivity index (χ2n) is 6.89. The van der Waals surface area contributed by atoms with Gasteiger partial charge in [0.2, 0.25) is 0 Å². The van der Waals surface area contributed by atoms with E-state index >= 15 is 0 Å². The normalized spacial score (nSPS) is 30.7. The molecule has 0 saturated heterocycles. The Labute approximate surface area is 137 Å². The third-order valence-electron chi connectivity index (χ3n) is 5.37. The molecule has 1 aromatic heterocycles. The first-order chi connectivity index (χ1) is 11.1. The largest absolute Gasteiger partial charge is 0.472 e. The molecule has 1 aromatic rings. The lowest BCUT2D eigenvalue weighted by atomic mass is 9.71. The van der Waals surface area contributed by atoms with E-state index in [1.165, 1.54) is 5.56 Å². The second-order valence-corrected chi connectivity index (χ2v) is 6.89. The smallest absolute Gasteiger partial charge is 0.338 e. The Bertz CT molecular complexity index is 648. The fourth-order valence-corrected chi connectivity index (χ4v) is 3.34. The van der Waals surface area contributed by atoms with Crippen molar-refractivity contribution < 1.29 is 13.9 Å². The van der Waals surface area contributed by atoms with E-state index in [2.05, 4.69) is 26.0 Å². The van der Waals surface area contributed by atoms with Gasteiger partial charge in [-0.3, -0.25) is 0 Å². The van der Waals surface area contributed by atoms with Gasteiger partial charge in [0.05, 0.1) is 18.1 Å². The predicted molar refractivity (Wildman–Crippen MR) is 89.8 cm³/mol. The van der Waals surface area contributed by atoms with Crippen molar-refractivity contribution in [2.24, 2.45) is 11.3 Å². The minimum absolute atomic E-state index is 0.128. The third-order valence-corrected chi connectivity index (χ3v) is 5.37. The van der Waals surface area contributed by atoms with Crippen LogP contribution < -0.4 is 0 Å². The molecule has 0 bridgehead atoms. The number of cyclic esters (lactones) is 1. The van der Waals surface area contributed by atoms with Crippen LogP contribution in [0.2, 0.25) is 0 Å². The van der Waals surface area contributed by atoms with Crippen LogP contribution in [0.4, 0.5) is 0 Å². The van der Waals surface area contributed by atoms with Gasteiger partial charge in [0.15, 0.2) is 0 Å². The number of carbonyl (C=O) groups excluding carboxylic acids is 1. The maximum Gasteiger partial charge on any atom is 0.338 e. The van der Waals surface area contributed by atoms with Crippen molar-refractivity contribution in [1.29, 1.82) is 0 Å². The molecule has 0 radical (unpaired) electrons. The molecule has 0 amide bonds. The van der Waals surface area contributed by atoms with Gasteiger partial charge >= 0.3 is 5.97 Å². The van der Waals surface area contributed by atoms with Crippen LogP contribution in [0.15, 0.2) is 58.5 Å². The average molecular weight is 312 g/mol. The van der Waals surface area contributed by atoms with Crippen molar-refractivity contribution in [3.8, 4) is 0 Å². The standard InChI is InChI=1S/C20H24O3/c1-15-6-7-17-14-23-19(21)18(17)5-3-4-10-20(15,2)11-8-16-9-12-22-13-16/h3-5,9-10,12-13,15H,6-8,11,14H2,1-2H3/b5-3-,10-4+/t15-,20+/m1/s1. The number of hydrogen-bond acceptors (Lipinski definition) is 3. The van der Waals surface area contributed by atoms with Crippen molar-refractivity contribution >= 4 is 5.97 Å². The molecule has 0 saturated carbocycles. The van der Waals surface area contributed by atoms with E-state index in [4.69, 9.17) is 9.15 Å². The maximum absolute atomic E-state index is 11.8. The Balaban J connectivity index is 1.76. The number of furan rings is 1. The maximum atomic E-state index is 11.8. The van der Waals surface area contributed by atoms with E-state index in [-0.39, 0.29) is 11.4 Å². The summed E-state index contributed by atoms with van der Waals surface area (Å²) < 4.78 is 10.3. The monoisotopic (exact) mass is 312 g/mol. The Morgan fingerprint density at radius 1 is 1.35 bits per heavy atom. The van der Waals surface area contributed by atoms with Gasteiger partial charge in [0, 0.05) is 0 Å². The Hall–Kier alpha value is -2.03. The molecule has 3 heteroatoms. The molecular weight excluding hydrogens is 288 g/mol. The summed E-state index contributed by atoms with van der Waals surface area (Å²) in [5, 5.41) is 0. The van der Waals surface area contributed by atoms with E-state index < -0.39 is 0 Å². The SMILES string of the molecule is C[C@@H]1CCC2=C(/C=C\C=C\[C@@]1(C)CCc1ccoc1)C(=O)OC2. The highest BCUT2D eigenvalue weighted by Gasteiger charge is 2.30. The summed E-state index contributed by atoms with van der Waals surface area (Å²) in [5.74, 6) is 0.349. The number of rotatable bonds is 3. The van der Waals surface area contributed by atoms with Gasteiger partial charge in [-0.1, -0.05) is 32.1 Å². The summed E-state index contributed by atoms with van der Waals surface area (Å²) >= 11 is 0. The minimum Gasteiger partial charge on any atom is -0.472 e. The zero-order valence-corrected chi connectivity index (χ0v) is 13.9. The Morgan fingerprint density at radius 3 is 3.00 bits per heavy atom. The van der Waals surface area contributed by atoms with Crippen LogP contribution in [0.25, 0.3) is 0 Å². The zero-order valence-electron chi connectivity index (χ0n) is 13.9. The van der Waals surface area contributed by atoms with Crippen LogP contribution >= 0.6 is 0 Å². The quantitative estimate of drug-likeness (QED) is 0.765. The van der Waals surface area contributed by atoms with Crippen LogP contribution in [0.5, 0.6) is 0 Å². The Kier molecular flexibility index (Phi) is 4.56. The van der Waals surface area contributed by atoms with Crippen LogP contribution in [0.3, 0.4) is 0 Å². The van der Waals surface area contributed by atoms with Crippen molar-refractivity contribution in [3.63, 3.8) is 0 Å². The van der Waals surface area contributed by atoms with E-state index in [1.54, 1.807) is 6.26 Å². The van der Waals surface area contributed by atoms with E-state index in [1.807, 2.05) is 24.5 Å². The molecule has 0 fully saturated rings. The van der Waals surface area contributed by atoms with E-state index in [0.717, 1.165) is 36.8 Å². The molecule has 0 unspecified atom stereocenters. The first-order valence-electron chi connectivity index (χ1n) is 8.34. The highest BCUT2D eigenvalue weighted by molar-refractivity contribution is 5.94. The molecule has 3 nitrogen and oxygen atoms in total. The summed E-state index contributed by atoms with van der Waals surface area (Å²) in [6.45, 7) is 5.10. The second kappa shape index (κ2) is 6.61. The molecule has 122 valence electrons. The van der Waals surface area contributed by atoms with Crippen molar-refractivity contribution in [2.45, 2.75) is 39.5 Å². The number of ether oxygens (including phenoxy) is 1. The van der Waals surface area contributed by atoms with Gasteiger partial charge in [0.25, 0.3) is 0 Å². The molecule has 2 aliphatic rings. The van der Waals surface area contributed by atoms with Crippen LogP contribution in [-0.4, -0.2) is 12.6 Å². The number of allylic oxidation sites excluding steroid dienone is 3. The van der Waals surface area contributed by atoms with Crippen molar-refractivity contribution in [2.75, 3.05) is 6.61 Å². The van der Waals surface area contributed by atoms with Gasteiger partial charge in [-0.2, -0.15) is 0 Å². The third kappa shape index (κ3) is 3.49. The van der Waals surface area contributed by atoms with Gasteiger partial charge in [0.1, 0.15) is 6.61 Å². The highest BCUT2D eigenvalue weighted by Crippen LogP contribution is 2.39. The number of aryl methyl sites for hydroxylation is 1. The van der Waals surface area contributed by atoms with Gasteiger partial charge in [-0.25, -0.2) is 4.79 Å². The summed E-state index contributed by atoms with van der Waals surface area (Å²) in [4.78, 5) is 11.8. The van der Waals surface area contributed by atoms with Crippen LogP contribution in [0.1, 0.15) is 38.7 Å². The predicted octanol–water partition coefficient (Wildman–Crippen LogP) is 4.61. The summed E-state index contributed by atoms with van der Waals surface area (Å²) in [7, 11) is 0. The first kappa shape index (κ1) is 15.9. The molecule has 0 N–H and O–H groups in total. The van der Waals surface area contributed by atoms with Gasteiger partial charge < -0.3 is 9.15 Å². The summed E-state index contributed by atoms with van der Waals surface area (Å²) in [5.41, 5.74) is 3.28. The lowest BCUT2D eigenvalue weighted by Crippen LogP contribution is -2.24. The number of carbonyl (C=O) groups is 1. The van der Waals surface area contributed by atoms with Crippen LogP contribution in [0, 0.1) is 11.3 Å². The average Bonchev–Trinajstić information content (AvgIpc) is 3.17. The first-order valence-corrected chi connectivity index (χ1v) is 8.34. The van der Waals surface area contributed by atoms with E-state index in [9.17, 15) is 4.79 Å². The lowest BCUT2D eigenvalue weighted by molar-refractivity contribution is -0.135. The molecule has 2 atom stereocenters. The fraction of sp³-hybridized carbons (Fsp3) is 0.450. The topological polar surface area (TPSA) is 39.4 Å². The number of esters is 1. The molecule has 3 rings (SSSR count). The molecule has 0 spiro atoms. The summed E-state index contributed by atoms with van der Waals surface area (Å²) in [6, 6.07) is 2.04. The molecule has 23 heavy (non-hydrogen) atoms. The molecule has 1 aliphatic carbocycles. The zero-order chi connectivity index (χ0) is 16.3.